The summed E-state index contributed by atoms with van der Waals surface area (Å²) in [6.45, 7) is 6.31. The number of nitrogens with zero attached hydrogens (tertiary/aromatic N) is 2. The van der Waals surface area contributed by atoms with Gasteiger partial charge < -0.3 is 19.8 Å². The van der Waals surface area contributed by atoms with Crippen molar-refractivity contribution in [2.24, 2.45) is 0 Å². The van der Waals surface area contributed by atoms with Gasteiger partial charge in [0.05, 0.1) is 32.1 Å². The Morgan fingerprint density at radius 1 is 1.63 bits per heavy atom. The third-order valence-corrected chi connectivity index (χ3v) is 3.38. The van der Waals surface area contributed by atoms with Gasteiger partial charge >= 0.3 is 5.97 Å². The highest BCUT2D eigenvalue weighted by Gasteiger charge is 2.22. The summed E-state index contributed by atoms with van der Waals surface area (Å²) in [6.07, 6.45) is 1.82. The quantitative estimate of drug-likeness (QED) is 0.808. The van der Waals surface area contributed by atoms with Gasteiger partial charge in [-0.1, -0.05) is 6.92 Å². The topological polar surface area (TPSA) is 69.7 Å². The van der Waals surface area contributed by atoms with Crippen molar-refractivity contribution < 1.29 is 14.3 Å². The molecule has 2 heterocycles. The van der Waals surface area contributed by atoms with Crippen LogP contribution in [0, 0.1) is 0 Å². The van der Waals surface area contributed by atoms with Crippen molar-refractivity contribution in [1.82, 2.24) is 9.47 Å². The van der Waals surface area contributed by atoms with Gasteiger partial charge in [-0.15, -0.1) is 0 Å². The second-order valence-corrected chi connectivity index (χ2v) is 4.69. The second-order valence-electron chi connectivity index (χ2n) is 4.69. The number of hydrogen-bond acceptors (Lipinski definition) is 5. The molecule has 1 unspecified atom stereocenters. The number of aromatic nitrogens is 1. The van der Waals surface area contributed by atoms with E-state index in [0.717, 1.165) is 26.2 Å². The number of methoxy groups -OCH3 is 1. The molecule has 1 fully saturated rings. The molecule has 0 radical (unpaired) electrons. The summed E-state index contributed by atoms with van der Waals surface area (Å²) in [5, 5.41) is 0. The first-order valence-corrected chi connectivity index (χ1v) is 6.52. The molecular formula is C13H21N3O3. The van der Waals surface area contributed by atoms with Gasteiger partial charge in [0, 0.05) is 19.3 Å². The lowest BCUT2D eigenvalue weighted by molar-refractivity contribution is -0.0345. The van der Waals surface area contributed by atoms with Crippen LogP contribution in [0.15, 0.2) is 12.3 Å². The smallest absolute Gasteiger partial charge is 0.354 e. The van der Waals surface area contributed by atoms with E-state index in [2.05, 4.69) is 11.8 Å². The average Bonchev–Trinajstić information content (AvgIpc) is 2.79. The monoisotopic (exact) mass is 267 g/mol. The Balaban J connectivity index is 2.08. The van der Waals surface area contributed by atoms with Crippen LogP contribution < -0.4 is 5.73 Å². The first kappa shape index (κ1) is 13.9. The molecule has 1 aromatic heterocycles. The minimum absolute atomic E-state index is 0.0731. The Hall–Kier alpha value is -1.53. The van der Waals surface area contributed by atoms with E-state index in [1.807, 2.05) is 4.57 Å². The van der Waals surface area contributed by atoms with Crippen LogP contribution in [-0.4, -0.2) is 54.9 Å². The first-order chi connectivity index (χ1) is 9.13. The number of likely N-dealkylation sites (N-methyl/N-ethyl adjacent to an activating group) is 1. The molecule has 2 rings (SSSR count). The highest BCUT2D eigenvalue weighted by atomic mass is 16.5. The van der Waals surface area contributed by atoms with Gasteiger partial charge in [0.25, 0.3) is 0 Å². The van der Waals surface area contributed by atoms with Gasteiger partial charge in [-0.05, 0) is 12.6 Å². The number of anilines is 1. The molecule has 0 aromatic carbocycles. The number of carbonyl (C=O) groups is 1. The van der Waals surface area contributed by atoms with E-state index in [1.54, 1.807) is 12.3 Å². The van der Waals surface area contributed by atoms with E-state index < -0.39 is 0 Å². The SMILES string of the molecule is CCN1CCOC(Cn2cc(N)cc2C(=O)OC)C1. The Morgan fingerprint density at radius 3 is 3.11 bits per heavy atom. The molecule has 1 aromatic rings. The normalized spacial score (nSPS) is 20.4. The van der Waals surface area contributed by atoms with Crippen LogP contribution in [0.2, 0.25) is 0 Å². The van der Waals surface area contributed by atoms with Crippen LogP contribution in [-0.2, 0) is 16.0 Å². The molecule has 6 nitrogen and oxygen atoms in total. The van der Waals surface area contributed by atoms with Gasteiger partial charge in [0.2, 0.25) is 0 Å². The van der Waals surface area contributed by atoms with Gasteiger partial charge in [0.15, 0.2) is 0 Å². The molecule has 0 spiro atoms. The lowest BCUT2D eigenvalue weighted by Crippen LogP contribution is -2.44. The standard InChI is InChI=1S/C13H21N3O3/c1-3-15-4-5-19-11(8-15)9-16-7-10(14)6-12(16)13(17)18-2/h6-7,11H,3-5,8-9,14H2,1-2H3. The average molecular weight is 267 g/mol. The molecule has 1 saturated heterocycles. The minimum Gasteiger partial charge on any atom is -0.464 e. The van der Waals surface area contributed by atoms with Crippen LogP contribution in [0.25, 0.3) is 0 Å². The maximum atomic E-state index is 11.7. The maximum absolute atomic E-state index is 11.7. The zero-order valence-corrected chi connectivity index (χ0v) is 11.5. The minimum atomic E-state index is -0.375. The summed E-state index contributed by atoms with van der Waals surface area (Å²) in [7, 11) is 1.37. The van der Waals surface area contributed by atoms with Crippen LogP contribution in [0.5, 0.6) is 0 Å². The summed E-state index contributed by atoms with van der Waals surface area (Å²) in [6, 6.07) is 1.63. The summed E-state index contributed by atoms with van der Waals surface area (Å²) in [5.41, 5.74) is 6.78. The first-order valence-electron chi connectivity index (χ1n) is 6.52. The predicted octanol–water partition coefficient (Wildman–Crippen LogP) is 0.578. The van der Waals surface area contributed by atoms with Crippen molar-refractivity contribution >= 4 is 11.7 Å². The van der Waals surface area contributed by atoms with Gasteiger partial charge in [-0.3, -0.25) is 4.90 Å². The molecular weight excluding hydrogens is 246 g/mol. The molecule has 19 heavy (non-hydrogen) atoms. The number of esters is 1. The molecule has 1 aliphatic rings. The lowest BCUT2D eigenvalue weighted by atomic mass is 10.2. The third kappa shape index (κ3) is 3.27. The predicted molar refractivity (Wildman–Crippen MR) is 72.0 cm³/mol. The number of carbonyl (C=O) groups excluding carboxylic acids is 1. The van der Waals surface area contributed by atoms with Crippen LogP contribution in [0.1, 0.15) is 17.4 Å². The van der Waals surface area contributed by atoms with Gasteiger partial charge in [-0.25, -0.2) is 4.79 Å². The number of hydrogen-bond donors (Lipinski definition) is 1. The largest absolute Gasteiger partial charge is 0.464 e. The van der Waals surface area contributed by atoms with Crippen molar-refractivity contribution in [1.29, 1.82) is 0 Å². The lowest BCUT2D eigenvalue weighted by Gasteiger charge is -2.32. The van der Waals surface area contributed by atoms with E-state index >= 15 is 0 Å². The van der Waals surface area contributed by atoms with Crippen LogP contribution >= 0.6 is 0 Å². The Bertz CT molecular complexity index is 444. The Labute approximate surface area is 113 Å². The summed E-state index contributed by atoms with van der Waals surface area (Å²) >= 11 is 0. The zero-order chi connectivity index (χ0) is 13.8. The van der Waals surface area contributed by atoms with E-state index in [9.17, 15) is 4.79 Å². The number of nitrogens with two attached hydrogens (primary N) is 1. The second kappa shape index (κ2) is 6.08. The van der Waals surface area contributed by atoms with E-state index in [4.69, 9.17) is 15.2 Å². The zero-order valence-electron chi connectivity index (χ0n) is 11.5. The molecule has 106 valence electrons. The fraction of sp³-hybridized carbons (Fsp3) is 0.615. The third-order valence-electron chi connectivity index (χ3n) is 3.38. The van der Waals surface area contributed by atoms with Crippen molar-refractivity contribution in [3.8, 4) is 0 Å². The number of rotatable bonds is 4. The highest BCUT2D eigenvalue weighted by molar-refractivity contribution is 5.88. The van der Waals surface area contributed by atoms with Gasteiger partial charge in [0.1, 0.15) is 5.69 Å². The van der Waals surface area contributed by atoms with E-state index in [0.29, 0.717) is 17.9 Å². The Morgan fingerprint density at radius 2 is 2.42 bits per heavy atom. The highest BCUT2D eigenvalue weighted by Crippen LogP contribution is 2.15. The molecule has 6 heteroatoms. The molecule has 0 amide bonds. The van der Waals surface area contributed by atoms with Crippen molar-refractivity contribution in [2.45, 2.75) is 19.6 Å². The number of ether oxygens (including phenoxy) is 2. The molecule has 2 N–H and O–H groups in total. The van der Waals surface area contributed by atoms with Crippen LogP contribution in [0.3, 0.4) is 0 Å². The Kier molecular flexibility index (Phi) is 4.44. The summed E-state index contributed by atoms with van der Waals surface area (Å²) in [5.74, 6) is -0.375. The van der Waals surface area contributed by atoms with E-state index in [1.165, 1.54) is 7.11 Å². The van der Waals surface area contributed by atoms with Crippen molar-refractivity contribution in [2.75, 3.05) is 39.1 Å². The van der Waals surface area contributed by atoms with Crippen LogP contribution in [0.4, 0.5) is 5.69 Å². The molecule has 0 saturated carbocycles. The van der Waals surface area contributed by atoms with E-state index in [-0.39, 0.29) is 12.1 Å². The van der Waals surface area contributed by atoms with Crippen molar-refractivity contribution in [3.63, 3.8) is 0 Å². The molecule has 0 bridgehead atoms. The summed E-state index contributed by atoms with van der Waals surface area (Å²) in [4.78, 5) is 14.0. The molecule has 1 aliphatic heterocycles. The summed E-state index contributed by atoms with van der Waals surface area (Å²) < 4.78 is 12.3. The molecule has 0 aliphatic carbocycles. The number of morpholine rings is 1. The fourth-order valence-electron chi connectivity index (χ4n) is 2.36. The fourth-order valence-corrected chi connectivity index (χ4v) is 2.36. The van der Waals surface area contributed by atoms with Gasteiger partial charge in [-0.2, -0.15) is 0 Å². The number of nitrogen functional groups attached to an aromatic ring is 1. The molecule has 1 atom stereocenters. The maximum Gasteiger partial charge on any atom is 0.354 e. The van der Waals surface area contributed by atoms with Crippen molar-refractivity contribution in [3.05, 3.63) is 18.0 Å².